The summed E-state index contributed by atoms with van der Waals surface area (Å²) in [5, 5.41) is 16.7. The van der Waals surface area contributed by atoms with Crippen LogP contribution in [0.4, 0.5) is 0 Å². The first kappa shape index (κ1) is 14.9. The van der Waals surface area contributed by atoms with Crippen LogP contribution >= 0.6 is 11.6 Å². The molecule has 0 aromatic carbocycles. The Labute approximate surface area is 124 Å². The smallest absolute Gasteiger partial charge is 0.0847 e. The predicted octanol–water partition coefficient (Wildman–Crippen LogP) is 2.29. The zero-order valence-corrected chi connectivity index (χ0v) is 13.3. The highest BCUT2D eigenvalue weighted by molar-refractivity contribution is 6.31. The molecule has 0 aliphatic carbocycles. The molecule has 2 aromatic rings. The van der Waals surface area contributed by atoms with Gasteiger partial charge in [-0.05, 0) is 39.4 Å². The van der Waals surface area contributed by atoms with Gasteiger partial charge in [-0.2, -0.15) is 15.3 Å². The van der Waals surface area contributed by atoms with Crippen LogP contribution in [0.1, 0.15) is 34.4 Å². The van der Waals surface area contributed by atoms with E-state index < -0.39 is 0 Å². The van der Waals surface area contributed by atoms with E-state index in [1.54, 1.807) is 0 Å². The molecule has 0 saturated carbocycles. The molecule has 1 unspecified atom stereocenters. The van der Waals surface area contributed by atoms with Crippen LogP contribution in [0.25, 0.3) is 0 Å². The SMILES string of the molecule is CNC(Cc1c(Cl)c(C)nn1C)c1cc(C)nnc1C. The zero-order chi connectivity index (χ0) is 14.9. The Hall–Kier alpha value is -1.46. The third-order valence-corrected chi connectivity index (χ3v) is 4.01. The number of rotatable bonds is 4. The number of nitrogens with one attached hydrogen (secondary N) is 1. The van der Waals surface area contributed by atoms with Crippen LogP contribution in [0.5, 0.6) is 0 Å². The van der Waals surface area contributed by atoms with Crippen LogP contribution in [0, 0.1) is 20.8 Å². The van der Waals surface area contributed by atoms with Crippen molar-refractivity contribution in [3.63, 3.8) is 0 Å². The van der Waals surface area contributed by atoms with Crippen LogP contribution in [-0.2, 0) is 13.5 Å². The first-order valence-electron chi connectivity index (χ1n) is 6.60. The lowest BCUT2D eigenvalue weighted by Crippen LogP contribution is -2.22. The molecule has 1 atom stereocenters. The number of hydrogen-bond donors (Lipinski definition) is 1. The lowest BCUT2D eigenvalue weighted by molar-refractivity contribution is 0.554. The maximum absolute atomic E-state index is 6.33. The van der Waals surface area contributed by atoms with E-state index in [2.05, 4.69) is 26.7 Å². The van der Waals surface area contributed by atoms with Crippen molar-refractivity contribution >= 4 is 11.6 Å². The Balaban J connectivity index is 2.36. The minimum Gasteiger partial charge on any atom is -0.313 e. The number of halogens is 1. The second kappa shape index (κ2) is 5.89. The molecule has 0 aliphatic heterocycles. The monoisotopic (exact) mass is 293 g/mol. The second-order valence-corrected chi connectivity index (χ2v) is 5.42. The number of aryl methyl sites for hydroxylation is 4. The molecule has 2 heterocycles. The van der Waals surface area contributed by atoms with E-state index in [1.165, 1.54) is 0 Å². The van der Waals surface area contributed by atoms with Crippen molar-refractivity contribution in [2.24, 2.45) is 7.05 Å². The molecule has 5 nitrogen and oxygen atoms in total. The number of nitrogens with zero attached hydrogens (tertiary/aromatic N) is 4. The van der Waals surface area contributed by atoms with E-state index in [-0.39, 0.29) is 6.04 Å². The van der Waals surface area contributed by atoms with Crippen molar-refractivity contribution in [3.8, 4) is 0 Å². The normalized spacial score (nSPS) is 12.7. The topological polar surface area (TPSA) is 55.6 Å². The van der Waals surface area contributed by atoms with Gasteiger partial charge in [-0.15, -0.1) is 0 Å². The van der Waals surface area contributed by atoms with Crippen LogP contribution in [0.2, 0.25) is 5.02 Å². The molecule has 6 heteroatoms. The van der Waals surface area contributed by atoms with Crippen LogP contribution in [0.15, 0.2) is 6.07 Å². The van der Waals surface area contributed by atoms with E-state index in [1.807, 2.05) is 39.5 Å². The maximum Gasteiger partial charge on any atom is 0.0847 e. The van der Waals surface area contributed by atoms with Gasteiger partial charge in [0.25, 0.3) is 0 Å². The highest BCUT2D eigenvalue weighted by Crippen LogP contribution is 2.26. The molecule has 0 radical (unpaired) electrons. The lowest BCUT2D eigenvalue weighted by atomic mass is 10.0. The molecule has 0 spiro atoms. The lowest BCUT2D eigenvalue weighted by Gasteiger charge is -2.18. The van der Waals surface area contributed by atoms with E-state index >= 15 is 0 Å². The van der Waals surface area contributed by atoms with Gasteiger partial charge in [0, 0.05) is 19.5 Å². The Morgan fingerprint density at radius 2 is 1.95 bits per heavy atom. The van der Waals surface area contributed by atoms with Gasteiger partial charge in [0.1, 0.15) is 0 Å². The first-order chi connectivity index (χ1) is 9.43. The van der Waals surface area contributed by atoms with Crippen molar-refractivity contribution in [3.05, 3.63) is 39.4 Å². The molecule has 2 aromatic heterocycles. The average molecular weight is 294 g/mol. The predicted molar refractivity (Wildman–Crippen MR) is 80.0 cm³/mol. The quantitative estimate of drug-likeness (QED) is 0.940. The van der Waals surface area contributed by atoms with Gasteiger partial charge >= 0.3 is 0 Å². The molecular weight excluding hydrogens is 274 g/mol. The van der Waals surface area contributed by atoms with Gasteiger partial charge < -0.3 is 5.32 Å². The van der Waals surface area contributed by atoms with Crippen molar-refractivity contribution in [2.45, 2.75) is 33.2 Å². The Kier molecular flexibility index (Phi) is 4.40. The molecule has 0 aliphatic rings. The fourth-order valence-electron chi connectivity index (χ4n) is 2.39. The van der Waals surface area contributed by atoms with Crippen LogP contribution < -0.4 is 5.32 Å². The van der Waals surface area contributed by atoms with E-state index in [0.29, 0.717) is 0 Å². The summed E-state index contributed by atoms with van der Waals surface area (Å²) < 4.78 is 1.85. The van der Waals surface area contributed by atoms with Crippen molar-refractivity contribution < 1.29 is 0 Å². The average Bonchev–Trinajstić information content (AvgIpc) is 2.65. The summed E-state index contributed by atoms with van der Waals surface area (Å²) in [5.41, 5.74) is 4.88. The Morgan fingerprint density at radius 3 is 2.50 bits per heavy atom. The van der Waals surface area contributed by atoms with E-state index in [4.69, 9.17) is 11.6 Å². The molecule has 0 fully saturated rings. The minimum atomic E-state index is 0.136. The van der Waals surface area contributed by atoms with Crippen molar-refractivity contribution in [1.29, 1.82) is 0 Å². The molecule has 0 bridgehead atoms. The van der Waals surface area contributed by atoms with Gasteiger partial charge in [0.2, 0.25) is 0 Å². The third kappa shape index (κ3) is 2.83. The molecule has 0 saturated heterocycles. The summed E-state index contributed by atoms with van der Waals surface area (Å²) in [4.78, 5) is 0. The molecular formula is C14H20ClN5. The second-order valence-electron chi connectivity index (χ2n) is 5.04. The summed E-state index contributed by atoms with van der Waals surface area (Å²) in [6.45, 7) is 5.84. The van der Waals surface area contributed by atoms with Crippen molar-refractivity contribution in [2.75, 3.05) is 7.05 Å². The molecule has 20 heavy (non-hydrogen) atoms. The summed E-state index contributed by atoms with van der Waals surface area (Å²) in [7, 11) is 3.86. The number of aromatic nitrogens is 4. The summed E-state index contributed by atoms with van der Waals surface area (Å²) in [5.74, 6) is 0. The highest BCUT2D eigenvalue weighted by atomic mass is 35.5. The fraction of sp³-hybridized carbons (Fsp3) is 0.500. The summed E-state index contributed by atoms with van der Waals surface area (Å²) >= 11 is 6.33. The van der Waals surface area contributed by atoms with Gasteiger partial charge in [0.05, 0.1) is 27.8 Å². The standard InChI is InChI=1S/C14H20ClN5/c1-8-6-11(9(2)18-17-8)12(16-4)7-13-14(15)10(3)19-20(13)5/h6,12,16H,7H2,1-5H3. The fourth-order valence-corrected chi connectivity index (χ4v) is 2.62. The number of hydrogen-bond acceptors (Lipinski definition) is 4. The molecule has 0 amide bonds. The Morgan fingerprint density at radius 1 is 1.25 bits per heavy atom. The van der Waals surface area contributed by atoms with Gasteiger partial charge in [-0.3, -0.25) is 4.68 Å². The van der Waals surface area contributed by atoms with Gasteiger partial charge in [0.15, 0.2) is 0 Å². The van der Waals surface area contributed by atoms with Gasteiger partial charge in [-0.1, -0.05) is 11.6 Å². The number of likely N-dealkylation sites (N-methyl/N-ethyl adjacent to an activating group) is 1. The highest BCUT2D eigenvalue weighted by Gasteiger charge is 2.19. The molecule has 108 valence electrons. The van der Waals surface area contributed by atoms with E-state index in [9.17, 15) is 0 Å². The maximum atomic E-state index is 6.33. The first-order valence-corrected chi connectivity index (χ1v) is 6.98. The van der Waals surface area contributed by atoms with Crippen LogP contribution in [-0.4, -0.2) is 27.0 Å². The van der Waals surface area contributed by atoms with Gasteiger partial charge in [-0.25, -0.2) is 0 Å². The minimum absolute atomic E-state index is 0.136. The zero-order valence-electron chi connectivity index (χ0n) is 12.5. The Bertz CT molecular complexity index is 620. The largest absolute Gasteiger partial charge is 0.313 e. The molecule has 1 N–H and O–H groups in total. The summed E-state index contributed by atoms with van der Waals surface area (Å²) in [6.07, 6.45) is 0.763. The van der Waals surface area contributed by atoms with E-state index in [0.717, 1.165) is 39.8 Å². The third-order valence-electron chi connectivity index (χ3n) is 3.52. The molecule has 2 rings (SSSR count). The van der Waals surface area contributed by atoms with Crippen molar-refractivity contribution in [1.82, 2.24) is 25.3 Å². The summed E-state index contributed by atoms with van der Waals surface area (Å²) in [6, 6.07) is 2.21. The van der Waals surface area contributed by atoms with Crippen LogP contribution in [0.3, 0.4) is 0 Å².